The molecule has 4 rings (SSSR count). The molecule has 13 nitrogen and oxygen atoms in total. The molecule has 3 heterocycles. The van der Waals surface area contributed by atoms with E-state index in [2.05, 4.69) is 10.1 Å². The van der Waals surface area contributed by atoms with E-state index in [0.717, 1.165) is 0 Å². The highest BCUT2D eigenvalue weighted by Crippen LogP contribution is 2.52. The van der Waals surface area contributed by atoms with Gasteiger partial charge in [-0.05, 0) is 52.3 Å². The summed E-state index contributed by atoms with van der Waals surface area (Å²) >= 11 is 0. The second-order valence-electron chi connectivity index (χ2n) is 10.0. The smallest absolute Gasteiger partial charge is 0.459 e. The third-order valence-electron chi connectivity index (χ3n) is 6.21. The summed E-state index contributed by atoms with van der Waals surface area (Å²) in [5, 5.41) is 2.65. The van der Waals surface area contributed by atoms with Crippen molar-refractivity contribution >= 4 is 19.5 Å². The molecule has 0 aliphatic carbocycles. The van der Waals surface area contributed by atoms with E-state index in [-0.39, 0.29) is 24.8 Å². The second-order valence-corrected chi connectivity index (χ2v) is 11.7. The maximum atomic E-state index is 13.9. The molecule has 0 spiro atoms. The number of nitrogens with one attached hydrogen (secondary N) is 1. The molecule has 0 bridgehead atoms. The molecule has 2 aromatic rings. The molecule has 0 saturated carbocycles. The lowest BCUT2D eigenvalue weighted by Crippen LogP contribution is -2.45. The lowest BCUT2D eigenvalue weighted by molar-refractivity contribution is -0.217. The van der Waals surface area contributed by atoms with E-state index >= 15 is 0 Å². The second kappa shape index (κ2) is 11.4. The van der Waals surface area contributed by atoms with Crippen LogP contribution in [0.3, 0.4) is 0 Å². The first-order chi connectivity index (χ1) is 18.4. The molecule has 2 aliphatic rings. The van der Waals surface area contributed by atoms with Crippen LogP contribution in [-0.2, 0) is 32.8 Å². The van der Waals surface area contributed by atoms with Gasteiger partial charge in [0.05, 0.1) is 13.2 Å². The Hall–Kier alpha value is -2.80. The lowest BCUT2D eigenvalue weighted by Gasteiger charge is -2.30. The van der Waals surface area contributed by atoms with E-state index in [1.165, 1.54) is 23.8 Å². The van der Waals surface area contributed by atoms with Crippen LogP contribution in [0.5, 0.6) is 5.75 Å². The Bertz CT molecular complexity index is 1270. The van der Waals surface area contributed by atoms with Gasteiger partial charge < -0.3 is 29.2 Å². The van der Waals surface area contributed by atoms with Crippen LogP contribution in [0.15, 0.2) is 47.4 Å². The number of fused-ring (bicyclic) bond motifs is 1. The Morgan fingerprint density at radius 1 is 1.26 bits per heavy atom. The van der Waals surface area contributed by atoms with Crippen LogP contribution >= 0.6 is 7.75 Å². The number of carbonyl (C=O) groups excluding carboxylic acids is 1. The molecule has 2 fully saturated rings. The summed E-state index contributed by atoms with van der Waals surface area (Å²) in [6.07, 6.45) is -0.422. The first-order valence-electron chi connectivity index (χ1n) is 12.7. The minimum atomic E-state index is -4.16. The first kappa shape index (κ1) is 29.2. The van der Waals surface area contributed by atoms with E-state index in [9.17, 15) is 14.2 Å². The van der Waals surface area contributed by atoms with Gasteiger partial charge in [-0.3, -0.25) is 13.9 Å². The van der Waals surface area contributed by atoms with Crippen LogP contribution in [0.4, 0.5) is 5.82 Å². The van der Waals surface area contributed by atoms with Crippen molar-refractivity contribution in [2.75, 3.05) is 18.9 Å². The van der Waals surface area contributed by atoms with E-state index in [0.29, 0.717) is 6.42 Å². The van der Waals surface area contributed by atoms with Gasteiger partial charge in [-0.2, -0.15) is 10.1 Å². The molecule has 2 saturated heterocycles. The molecular formula is C25H35N4O9P. The van der Waals surface area contributed by atoms with Crippen molar-refractivity contribution in [2.45, 2.75) is 76.9 Å². The Morgan fingerprint density at radius 3 is 2.64 bits per heavy atom. The van der Waals surface area contributed by atoms with Gasteiger partial charge in [-0.1, -0.05) is 25.1 Å². The van der Waals surface area contributed by atoms with E-state index < -0.39 is 55.3 Å². The molecule has 2 aliphatic heterocycles. The molecule has 39 heavy (non-hydrogen) atoms. The van der Waals surface area contributed by atoms with Crippen LogP contribution in [0.25, 0.3) is 0 Å². The number of nitrogens with zero attached hydrogens (tertiary/aromatic N) is 2. The van der Waals surface area contributed by atoms with Crippen LogP contribution in [0, 0.1) is 0 Å². The molecule has 1 aromatic heterocycles. The highest BCUT2D eigenvalue weighted by Gasteiger charge is 2.64. The number of benzene rings is 1. The predicted molar refractivity (Wildman–Crippen MR) is 140 cm³/mol. The van der Waals surface area contributed by atoms with Crippen molar-refractivity contribution in [1.82, 2.24) is 14.6 Å². The van der Waals surface area contributed by atoms with Crippen molar-refractivity contribution in [2.24, 2.45) is 0 Å². The highest BCUT2D eigenvalue weighted by molar-refractivity contribution is 7.52. The number of carbonyl (C=O) groups is 1. The number of ether oxygens (including phenoxy) is 4. The highest BCUT2D eigenvalue weighted by atomic mass is 31.2. The SMILES string of the molecule is CCCOC(=O)[C@H](C)NP(=O)(OC[C@H]1O[C@@H](n2ccc(N)nc2=O)[C@]2(C)OC(C)(C)O[C@H]12)Oc1ccccc1. The van der Waals surface area contributed by atoms with Crippen molar-refractivity contribution in [3.05, 3.63) is 53.1 Å². The number of hydrogen-bond acceptors (Lipinski definition) is 11. The Balaban J connectivity index is 1.58. The van der Waals surface area contributed by atoms with Gasteiger partial charge in [-0.15, -0.1) is 0 Å². The van der Waals surface area contributed by atoms with Gasteiger partial charge in [0, 0.05) is 6.20 Å². The van der Waals surface area contributed by atoms with Gasteiger partial charge >= 0.3 is 19.4 Å². The number of nitrogen functional groups attached to an aromatic ring is 1. The lowest BCUT2D eigenvalue weighted by atomic mass is 9.96. The van der Waals surface area contributed by atoms with Crippen LogP contribution in [-0.4, -0.2) is 58.4 Å². The zero-order valence-electron chi connectivity index (χ0n) is 22.6. The monoisotopic (exact) mass is 566 g/mol. The number of esters is 1. The molecule has 1 unspecified atom stereocenters. The van der Waals surface area contributed by atoms with E-state index in [1.807, 2.05) is 6.92 Å². The van der Waals surface area contributed by atoms with E-state index in [4.69, 9.17) is 33.7 Å². The zero-order valence-corrected chi connectivity index (χ0v) is 23.5. The van der Waals surface area contributed by atoms with Crippen LogP contribution < -0.4 is 21.0 Å². The molecular weight excluding hydrogens is 531 g/mol. The number of anilines is 1. The maximum absolute atomic E-state index is 13.9. The molecule has 0 radical (unpaired) electrons. The molecule has 214 valence electrons. The van der Waals surface area contributed by atoms with Crippen molar-refractivity contribution < 1.29 is 37.4 Å². The molecule has 14 heteroatoms. The summed E-state index contributed by atoms with van der Waals surface area (Å²) in [5.41, 5.74) is 3.90. The summed E-state index contributed by atoms with van der Waals surface area (Å²) in [4.78, 5) is 28.8. The number of rotatable bonds is 11. The summed E-state index contributed by atoms with van der Waals surface area (Å²) in [7, 11) is -4.16. The third kappa shape index (κ3) is 6.51. The summed E-state index contributed by atoms with van der Waals surface area (Å²) in [5.74, 6) is -1.29. The Morgan fingerprint density at radius 2 is 1.97 bits per heavy atom. The standard InChI is InChI=1S/C25H35N4O9P/c1-6-14-33-21(30)16(2)28-39(32,37-17-10-8-7-9-11-17)34-15-18-20-25(5,38-24(3,4)36-20)22(35-18)29-13-12-19(26)27-23(29)31/h7-13,16,18,20,22H,6,14-15H2,1-5H3,(H,28,32)(H2,26,27,31)/t16-,18+,20+,22+,25+,39?/m0/s1. The van der Waals surface area contributed by atoms with Gasteiger partial charge in [0.1, 0.15) is 35.4 Å². The third-order valence-corrected chi connectivity index (χ3v) is 7.85. The minimum absolute atomic E-state index is 0.0661. The van der Waals surface area contributed by atoms with Gasteiger partial charge in [-0.25, -0.2) is 9.36 Å². The summed E-state index contributed by atoms with van der Waals surface area (Å²) in [6, 6.07) is 8.87. The summed E-state index contributed by atoms with van der Waals surface area (Å²) in [6.45, 7) is 8.53. The number of nitrogens with two attached hydrogens (primary N) is 1. The van der Waals surface area contributed by atoms with Gasteiger partial charge in [0.15, 0.2) is 12.0 Å². The number of aromatic nitrogens is 2. The predicted octanol–water partition coefficient (Wildman–Crippen LogP) is 2.77. The first-order valence-corrected chi connectivity index (χ1v) is 14.2. The number of hydrogen-bond donors (Lipinski definition) is 2. The van der Waals surface area contributed by atoms with Crippen molar-refractivity contribution in [3.8, 4) is 5.75 Å². The fraction of sp³-hybridized carbons (Fsp3) is 0.560. The van der Waals surface area contributed by atoms with Gasteiger partial charge in [0.25, 0.3) is 0 Å². The molecule has 1 aromatic carbocycles. The molecule has 0 amide bonds. The number of para-hydroxylation sites is 1. The maximum Gasteiger partial charge on any atom is 0.459 e. The van der Waals surface area contributed by atoms with Crippen molar-refractivity contribution in [1.29, 1.82) is 0 Å². The fourth-order valence-electron chi connectivity index (χ4n) is 4.61. The Kier molecular flexibility index (Phi) is 8.50. The fourth-order valence-corrected chi connectivity index (χ4v) is 6.12. The van der Waals surface area contributed by atoms with Gasteiger partial charge in [0.2, 0.25) is 0 Å². The average Bonchev–Trinajstić information content (AvgIpc) is 3.26. The molecule has 6 atom stereocenters. The average molecular weight is 567 g/mol. The molecule has 3 N–H and O–H groups in total. The van der Waals surface area contributed by atoms with Crippen LogP contribution in [0.2, 0.25) is 0 Å². The Labute approximate surface area is 226 Å². The minimum Gasteiger partial charge on any atom is -0.465 e. The normalized spacial score (nSPS) is 27.9. The van der Waals surface area contributed by atoms with Crippen molar-refractivity contribution in [3.63, 3.8) is 0 Å². The quantitative estimate of drug-likeness (QED) is 0.303. The topological polar surface area (TPSA) is 162 Å². The zero-order chi connectivity index (χ0) is 28.4. The van der Waals surface area contributed by atoms with Crippen LogP contribution in [0.1, 0.15) is 47.3 Å². The largest absolute Gasteiger partial charge is 0.465 e. The van der Waals surface area contributed by atoms with E-state index in [1.54, 1.807) is 51.1 Å². The summed E-state index contributed by atoms with van der Waals surface area (Å²) < 4.78 is 50.4.